The number of nitrogens with one attached hydrogen (secondary N) is 2. The predicted molar refractivity (Wildman–Crippen MR) is 76.8 cm³/mol. The van der Waals surface area contributed by atoms with Gasteiger partial charge in [-0.1, -0.05) is 19.1 Å². The summed E-state index contributed by atoms with van der Waals surface area (Å²) in [6.45, 7) is 3.87. The maximum Gasteiger partial charge on any atom is 0.255 e. The van der Waals surface area contributed by atoms with Gasteiger partial charge in [0.2, 0.25) is 0 Å². The first-order valence-corrected chi connectivity index (χ1v) is 6.60. The van der Waals surface area contributed by atoms with Crippen molar-refractivity contribution in [2.45, 2.75) is 26.3 Å². The summed E-state index contributed by atoms with van der Waals surface area (Å²) in [5.74, 6) is 0.694. The number of benzene rings is 1. The maximum absolute atomic E-state index is 12.2. The van der Waals surface area contributed by atoms with Crippen LogP contribution in [-0.4, -0.2) is 23.2 Å². The molecule has 0 aliphatic heterocycles. The van der Waals surface area contributed by atoms with E-state index in [2.05, 4.69) is 15.5 Å². The molecule has 0 aliphatic carbocycles. The number of aromatic amines is 1. The first kappa shape index (κ1) is 14.1. The second kappa shape index (κ2) is 6.23. The van der Waals surface area contributed by atoms with E-state index >= 15 is 0 Å². The van der Waals surface area contributed by atoms with Crippen LogP contribution >= 0.6 is 0 Å². The number of rotatable bonds is 5. The van der Waals surface area contributed by atoms with E-state index in [1.54, 1.807) is 13.3 Å². The van der Waals surface area contributed by atoms with E-state index in [4.69, 9.17) is 4.74 Å². The molecule has 2 rings (SSSR count). The zero-order valence-corrected chi connectivity index (χ0v) is 11.9. The van der Waals surface area contributed by atoms with E-state index in [1.165, 1.54) is 0 Å². The number of carbonyl (C=O) groups is 1. The summed E-state index contributed by atoms with van der Waals surface area (Å²) in [6, 6.07) is 7.70. The van der Waals surface area contributed by atoms with E-state index in [0.717, 1.165) is 23.4 Å². The zero-order chi connectivity index (χ0) is 14.5. The van der Waals surface area contributed by atoms with Crippen LogP contribution in [0.2, 0.25) is 0 Å². The Labute approximate surface area is 118 Å². The van der Waals surface area contributed by atoms with Crippen molar-refractivity contribution in [1.29, 1.82) is 0 Å². The molecule has 20 heavy (non-hydrogen) atoms. The van der Waals surface area contributed by atoms with Gasteiger partial charge in [-0.25, -0.2) is 0 Å². The van der Waals surface area contributed by atoms with Crippen LogP contribution in [0, 0.1) is 6.92 Å². The summed E-state index contributed by atoms with van der Waals surface area (Å²) in [7, 11) is 1.63. The highest BCUT2D eigenvalue weighted by Gasteiger charge is 2.16. The molecule has 5 nitrogen and oxygen atoms in total. The lowest BCUT2D eigenvalue weighted by molar-refractivity contribution is 0.0935. The Morgan fingerprint density at radius 1 is 1.40 bits per heavy atom. The summed E-state index contributed by atoms with van der Waals surface area (Å²) in [4.78, 5) is 12.2. The minimum absolute atomic E-state index is 0.0253. The summed E-state index contributed by atoms with van der Waals surface area (Å²) in [5, 5.41) is 9.66. The van der Waals surface area contributed by atoms with E-state index in [-0.39, 0.29) is 11.9 Å². The van der Waals surface area contributed by atoms with Gasteiger partial charge in [0.1, 0.15) is 5.75 Å². The van der Waals surface area contributed by atoms with Gasteiger partial charge in [-0.3, -0.25) is 9.89 Å². The number of H-pyrrole nitrogens is 1. The van der Waals surface area contributed by atoms with E-state index in [1.807, 2.05) is 38.1 Å². The van der Waals surface area contributed by atoms with Gasteiger partial charge in [0.05, 0.1) is 24.9 Å². The molecule has 0 bridgehead atoms. The number of nitrogens with zero attached hydrogens (tertiary/aromatic N) is 1. The van der Waals surface area contributed by atoms with Gasteiger partial charge in [-0.2, -0.15) is 5.10 Å². The molecule has 0 saturated heterocycles. The monoisotopic (exact) mass is 273 g/mol. The van der Waals surface area contributed by atoms with Crippen molar-refractivity contribution in [3.8, 4) is 5.75 Å². The minimum atomic E-state index is -0.112. The van der Waals surface area contributed by atoms with Crippen LogP contribution in [0.5, 0.6) is 5.75 Å². The van der Waals surface area contributed by atoms with E-state index < -0.39 is 0 Å². The third-order valence-electron chi connectivity index (χ3n) is 3.31. The van der Waals surface area contributed by atoms with Crippen LogP contribution < -0.4 is 10.1 Å². The van der Waals surface area contributed by atoms with Crippen LogP contribution in [0.3, 0.4) is 0 Å². The van der Waals surface area contributed by atoms with Crippen LogP contribution in [0.25, 0.3) is 0 Å². The number of methoxy groups -OCH3 is 1. The van der Waals surface area contributed by atoms with Crippen molar-refractivity contribution in [2.75, 3.05) is 7.11 Å². The summed E-state index contributed by atoms with van der Waals surface area (Å²) in [5.41, 5.74) is 2.41. The number of amides is 1. The van der Waals surface area contributed by atoms with Crippen LogP contribution in [-0.2, 0) is 0 Å². The molecule has 0 radical (unpaired) electrons. The highest BCUT2D eigenvalue weighted by Crippen LogP contribution is 2.20. The van der Waals surface area contributed by atoms with Crippen molar-refractivity contribution in [1.82, 2.24) is 15.5 Å². The topological polar surface area (TPSA) is 67.0 Å². The molecule has 0 saturated carbocycles. The van der Waals surface area contributed by atoms with E-state index in [9.17, 15) is 4.79 Å². The van der Waals surface area contributed by atoms with Gasteiger partial charge >= 0.3 is 0 Å². The van der Waals surface area contributed by atoms with Crippen molar-refractivity contribution < 1.29 is 9.53 Å². The first-order chi connectivity index (χ1) is 9.65. The Morgan fingerprint density at radius 2 is 2.10 bits per heavy atom. The summed E-state index contributed by atoms with van der Waals surface area (Å²) < 4.78 is 5.14. The predicted octanol–water partition coefficient (Wildman–Crippen LogP) is 2.61. The average molecular weight is 273 g/mol. The zero-order valence-electron chi connectivity index (χ0n) is 11.9. The third-order valence-corrected chi connectivity index (χ3v) is 3.31. The SMILES string of the molecule is CCC(NC(=O)c1cn[nH]c1C)c1ccc(OC)cc1. The number of hydrogen-bond acceptors (Lipinski definition) is 3. The standard InChI is InChI=1S/C15H19N3O2/c1-4-14(11-5-7-12(20-3)8-6-11)17-15(19)13-9-16-18-10(13)2/h5-9,14H,4H2,1-3H3,(H,16,18)(H,17,19). The Morgan fingerprint density at radius 3 is 2.60 bits per heavy atom. The quantitative estimate of drug-likeness (QED) is 0.880. The molecule has 1 aromatic heterocycles. The second-order valence-corrected chi connectivity index (χ2v) is 4.62. The van der Waals surface area contributed by atoms with Crippen molar-refractivity contribution in [3.05, 3.63) is 47.3 Å². The molecule has 1 aromatic carbocycles. The number of ether oxygens (including phenoxy) is 1. The molecule has 0 aliphatic rings. The van der Waals surface area contributed by atoms with Crippen molar-refractivity contribution in [2.24, 2.45) is 0 Å². The highest BCUT2D eigenvalue weighted by atomic mass is 16.5. The molecule has 1 unspecified atom stereocenters. The Balaban J connectivity index is 2.12. The number of aromatic nitrogens is 2. The van der Waals surface area contributed by atoms with Gasteiger partial charge in [-0.05, 0) is 31.0 Å². The fourth-order valence-corrected chi connectivity index (χ4v) is 2.07. The number of hydrogen-bond donors (Lipinski definition) is 2. The van der Waals surface area contributed by atoms with Gasteiger partial charge in [0.15, 0.2) is 0 Å². The van der Waals surface area contributed by atoms with Crippen LogP contribution in [0.15, 0.2) is 30.5 Å². The van der Waals surface area contributed by atoms with Gasteiger partial charge in [-0.15, -0.1) is 0 Å². The normalized spacial score (nSPS) is 11.9. The lowest BCUT2D eigenvalue weighted by Crippen LogP contribution is -2.28. The fraction of sp³-hybridized carbons (Fsp3) is 0.333. The molecule has 1 atom stereocenters. The lowest BCUT2D eigenvalue weighted by atomic mass is 10.0. The molecule has 2 N–H and O–H groups in total. The second-order valence-electron chi connectivity index (χ2n) is 4.62. The van der Waals surface area contributed by atoms with E-state index in [0.29, 0.717) is 5.56 Å². The van der Waals surface area contributed by atoms with Crippen molar-refractivity contribution in [3.63, 3.8) is 0 Å². The van der Waals surface area contributed by atoms with Crippen LogP contribution in [0.1, 0.15) is 41.0 Å². The molecule has 0 fully saturated rings. The number of aryl methyl sites for hydroxylation is 1. The van der Waals surface area contributed by atoms with Crippen LogP contribution in [0.4, 0.5) is 0 Å². The molecule has 1 heterocycles. The molecule has 5 heteroatoms. The molecule has 0 spiro atoms. The largest absolute Gasteiger partial charge is 0.497 e. The Hall–Kier alpha value is -2.30. The molecular formula is C15H19N3O2. The van der Waals surface area contributed by atoms with Crippen molar-refractivity contribution >= 4 is 5.91 Å². The minimum Gasteiger partial charge on any atom is -0.497 e. The smallest absolute Gasteiger partial charge is 0.255 e. The maximum atomic E-state index is 12.2. The van der Waals surface area contributed by atoms with Gasteiger partial charge < -0.3 is 10.1 Å². The molecule has 1 amide bonds. The summed E-state index contributed by atoms with van der Waals surface area (Å²) in [6.07, 6.45) is 2.36. The number of carbonyl (C=O) groups excluding carboxylic acids is 1. The Kier molecular flexibility index (Phi) is 4.40. The van der Waals surface area contributed by atoms with Gasteiger partial charge in [0.25, 0.3) is 5.91 Å². The van der Waals surface area contributed by atoms with Gasteiger partial charge in [0, 0.05) is 5.69 Å². The lowest BCUT2D eigenvalue weighted by Gasteiger charge is -2.17. The fourth-order valence-electron chi connectivity index (χ4n) is 2.07. The third kappa shape index (κ3) is 2.99. The molecule has 2 aromatic rings. The average Bonchev–Trinajstić information content (AvgIpc) is 2.91. The first-order valence-electron chi connectivity index (χ1n) is 6.60. The Bertz CT molecular complexity index is 575. The molecule has 106 valence electrons. The molecular weight excluding hydrogens is 254 g/mol. The highest BCUT2D eigenvalue weighted by molar-refractivity contribution is 5.95. The summed E-state index contributed by atoms with van der Waals surface area (Å²) >= 11 is 0.